The van der Waals surface area contributed by atoms with Gasteiger partial charge < -0.3 is 15.0 Å². The minimum absolute atomic E-state index is 0.0599. The van der Waals surface area contributed by atoms with Crippen LogP contribution in [0.1, 0.15) is 32.9 Å². The molecular formula is C23H24N2O3. The second-order valence-corrected chi connectivity index (χ2v) is 6.86. The van der Waals surface area contributed by atoms with Crippen LogP contribution in [0.5, 0.6) is 5.75 Å². The minimum atomic E-state index is -0.404. The van der Waals surface area contributed by atoms with Crippen molar-refractivity contribution < 1.29 is 14.3 Å². The molecule has 2 aromatic carbocycles. The van der Waals surface area contributed by atoms with Gasteiger partial charge in [0.15, 0.2) is 6.61 Å². The van der Waals surface area contributed by atoms with Crippen molar-refractivity contribution in [2.75, 3.05) is 6.61 Å². The second-order valence-electron chi connectivity index (χ2n) is 6.86. The first kappa shape index (κ1) is 19.4. The van der Waals surface area contributed by atoms with Crippen LogP contribution in [0, 0.1) is 13.8 Å². The van der Waals surface area contributed by atoms with Gasteiger partial charge in [-0.1, -0.05) is 42.5 Å². The number of hydrogen-bond acceptors (Lipinski definition) is 3. The van der Waals surface area contributed by atoms with Crippen LogP contribution in [-0.4, -0.2) is 22.9 Å². The van der Waals surface area contributed by atoms with E-state index in [4.69, 9.17) is 10.5 Å². The van der Waals surface area contributed by atoms with Crippen LogP contribution in [0.15, 0.2) is 60.7 Å². The Bertz CT molecular complexity index is 990. The third kappa shape index (κ3) is 4.68. The molecule has 28 heavy (non-hydrogen) atoms. The molecule has 0 bridgehead atoms. The fourth-order valence-electron chi connectivity index (χ4n) is 3.27. The number of ether oxygens (including phenoxy) is 1. The van der Waals surface area contributed by atoms with Crippen LogP contribution in [0.4, 0.5) is 0 Å². The van der Waals surface area contributed by atoms with Gasteiger partial charge in [0.2, 0.25) is 11.7 Å². The molecule has 0 saturated carbocycles. The Morgan fingerprint density at radius 1 is 0.964 bits per heavy atom. The molecule has 1 aromatic heterocycles. The van der Waals surface area contributed by atoms with E-state index in [-0.39, 0.29) is 18.8 Å². The molecule has 0 saturated heterocycles. The van der Waals surface area contributed by atoms with E-state index < -0.39 is 5.91 Å². The number of Topliss-reactive ketones (excluding diaryl/α,β-unsaturated/α-hetero) is 1. The highest BCUT2D eigenvalue weighted by molar-refractivity contribution is 5.98. The Hall–Kier alpha value is -3.34. The SMILES string of the molecule is Cc1cc(C(=O)COc2cccc(CC(N)=O)c2)c(C)n1Cc1ccccc1. The molecule has 0 radical (unpaired) electrons. The third-order valence-electron chi connectivity index (χ3n) is 4.70. The molecule has 0 atom stereocenters. The summed E-state index contributed by atoms with van der Waals surface area (Å²) in [4.78, 5) is 23.8. The van der Waals surface area contributed by atoms with Crippen molar-refractivity contribution in [1.29, 1.82) is 0 Å². The van der Waals surface area contributed by atoms with E-state index in [0.29, 0.717) is 11.3 Å². The fraction of sp³-hybridized carbons (Fsp3) is 0.217. The molecule has 1 heterocycles. The predicted octanol–water partition coefficient (Wildman–Crippen LogP) is 3.44. The number of nitrogens with two attached hydrogens (primary N) is 1. The summed E-state index contributed by atoms with van der Waals surface area (Å²) < 4.78 is 7.79. The van der Waals surface area contributed by atoms with Crippen LogP contribution < -0.4 is 10.5 Å². The first-order valence-electron chi connectivity index (χ1n) is 9.18. The molecule has 144 valence electrons. The average molecular weight is 376 g/mol. The van der Waals surface area contributed by atoms with Gasteiger partial charge in [0.05, 0.1) is 6.42 Å². The summed E-state index contributed by atoms with van der Waals surface area (Å²) in [7, 11) is 0. The number of rotatable bonds is 8. The summed E-state index contributed by atoms with van der Waals surface area (Å²) in [6.45, 7) is 4.62. The van der Waals surface area contributed by atoms with Gasteiger partial charge >= 0.3 is 0 Å². The summed E-state index contributed by atoms with van der Waals surface area (Å²) in [6.07, 6.45) is 0.145. The molecule has 0 fully saturated rings. The summed E-state index contributed by atoms with van der Waals surface area (Å²) in [6, 6.07) is 19.1. The predicted molar refractivity (Wildman–Crippen MR) is 109 cm³/mol. The zero-order chi connectivity index (χ0) is 20.1. The maximum Gasteiger partial charge on any atom is 0.221 e. The van der Waals surface area contributed by atoms with Crippen molar-refractivity contribution in [1.82, 2.24) is 4.57 Å². The first-order valence-corrected chi connectivity index (χ1v) is 9.18. The number of hydrogen-bond donors (Lipinski definition) is 1. The maximum absolute atomic E-state index is 12.7. The molecule has 2 N–H and O–H groups in total. The minimum Gasteiger partial charge on any atom is -0.485 e. The van der Waals surface area contributed by atoms with E-state index >= 15 is 0 Å². The lowest BCUT2D eigenvalue weighted by molar-refractivity contribution is -0.117. The van der Waals surface area contributed by atoms with E-state index in [1.807, 2.05) is 38.1 Å². The fourth-order valence-corrected chi connectivity index (χ4v) is 3.27. The van der Waals surface area contributed by atoms with Gasteiger partial charge in [-0.3, -0.25) is 9.59 Å². The van der Waals surface area contributed by atoms with Crippen molar-refractivity contribution in [3.63, 3.8) is 0 Å². The lowest BCUT2D eigenvalue weighted by Gasteiger charge is -2.10. The summed E-state index contributed by atoms with van der Waals surface area (Å²) in [5, 5.41) is 0. The number of carbonyl (C=O) groups excluding carboxylic acids is 2. The zero-order valence-electron chi connectivity index (χ0n) is 16.1. The highest BCUT2D eigenvalue weighted by atomic mass is 16.5. The Balaban J connectivity index is 1.70. The number of aromatic nitrogens is 1. The Morgan fingerprint density at radius 2 is 1.68 bits per heavy atom. The number of aryl methyl sites for hydroxylation is 1. The van der Waals surface area contributed by atoms with Crippen molar-refractivity contribution in [3.05, 3.63) is 88.7 Å². The smallest absolute Gasteiger partial charge is 0.221 e. The number of amides is 1. The van der Waals surface area contributed by atoms with Crippen LogP contribution in [-0.2, 0) is 17.8 Å². The third-order valence-corrected chi connectivity index (χ3v) is 4.70. The van der Waals surface area contributed by atoms with Crippen molar-refractivity contribution in [2.24, 2.45) is 5.73 Å². The largest absolute Gasteiger partial charge is 0.485 e. The van der Waals surface area contributed by atoms with Crippen LogP contribution in [0.3, 0.4) is 0 Å². The molecule has 0 aliphatic heterocycles. The molecule has 1 amide bonds. The maximum atomic E-state index is 12.7. The summed E-state index contributed by atoms with van der Waals surface area (Å²) in [5.41, 5.74) is 9.81. The summed E-state index contributed by atoms with van der Waals surface area (Å²) >= 11 is 0. The van der Waals surface area contributed by atoms with Crippen molar-refractivity contribution >= 4 is 11.7 Å². The number of benzene rings is 2. The molecule has 0 spiro atoms. The van der Waals surface area contributed by atoms with Crippen molar-refractivity contribution in [3.8, 4) is 5.75 Å². The van der Waals surface area contributed by atoms with Crippen LogP contribution in [0.2, 0.25) is 0 Å². The molecule has 0 aliphatic rings. The standard InChI is InChI=1S/C23H24N2O3/c1-16-11-21(17(2)25(16)14-18-7-4-3-5-8-18)22(26)15-28-20-10-6-9-19(12-20)13-23(24)27/h3-12H,13-15H2,1-2H3,(H2,24,27). The van der Waals surface area contributed by atoms with Crippen LogP contribution in [0.25, 0.3) is 0 Å². The van der Waals surface area contributed by atoms with Crippen molar-refractivity contribution in [2.45, 2.75) is 26.8 Å². The van der Waals surface area contributed by atoms with Gasteiger partial charge in [-0.2, -0.15) is 0 Å². The Morgan fingerprint density at radius 3 is 2.39 bits per heavy atom. The van der Waals surface area contributed by atoms with Gasteiger partial charge in [0.1, 0.15) is 5.75 Å². The van der Waals surface area contributed by atoms with Gasteiger partial charge in [0, 0.05) is 23.5 Å². The lowest BCUT2D eigenvalue weighted by Crippen LogP contribution is -2.14. The number of primary amides is 1. The van der Waals surface area contributed by atoms with E-state index in [1.54, 1.807) is 24.3 Å². The highest BCUT2D eigenvalue weighted by Crippen LogP contribution is 2.19. The molecule has 5 nitrogen and oxygen atoms in total. The molecule has 0 unspecified atom stereocenters. The van der Waals surface area contributed by atoms with E-state index in [9.17, 15) is 9.59 Å². The van der Waals surface area contributed by atoms with Gasteiger partial charge in [-0.25, -0.2) is 0 Å². The first-order chi connectivity index (χ1) is 13.4. The van der Waals surface area contributed by atoms with E-state index in [1.165, 1.54) is 5.56 Å². The number of nitrogens with zero attached hydrogens (tertiary/aromatic N) is 1. The second kappa shape index (κ2) is 8.57. The van der Waals surface area contributed by atoms with Gasteiger partial charge in [0.25, 0.3) is 0 Å². The highest BCUT2D eigenvalue weighted by Gasteiger charge is 2.16. The Labute approximate surface area is 164 Å². The normalized spacial score (nSPS) is 10.6. The number of carbonyl (C=O) groups is 2. The topological polar surface area (TPSA) is 74.3 Å². The monoisotopic (exact) mass is 376 g/mol. The molecule has 3 aromatic rings. The molecular weight excluding hydrogens is 352 g/mol. The van der Waals surface area contributed by atoms with Crippen LogP contribution >= 0.6 is 0 Å². The molecule has 5 heteroatoms. The summed E-state index contributed by atoms with van der Waals surface area (Å²) in [5.74, 6) is 0.0667. The average Bonchev–Trinajstić information content (AvgIpc) is 2.95. The quantitative estimate of drug-likeness (QED) is 0.612. The van der Waals surface area contributed by atoms with Gasteiger partial charge in [-0.15, -0.1) is 0 Å². The Kier molecular flexibility index (Phi) is 5.94. The number of ketones is 1. The molecule has 0 aliphatic carbocycles. The lowest BCUT2D eigenvalue weighted by atomic mass is 10.1. The van der Waals surface area contributed by atoms with E-state index in [0.717, 1.165) is 23.5 Å². The molecule has 3 rings (SSSR count). The van der Waals surface area contributed by atoms with Gasteiger partial charge in [-0.05, 0) is 43.2 Å². The van der Waals surface area contributed by atoms with E-state index in [2.05, 4.69) is 16.7 Å². The zero-order valence-corrected chi connectivity index (χ0v) is 16.1.